The van der Waals surface area contributed by atoms with Gasteiger partial charge in [0, 0.05) is 42.4 Å². The Kier molecular flexibility index (Phi) is 7.74. The van der Waals surface area contributed by atoms with Crippen LogP contribution in [0.2, 0.25) is 0 Å². The number of rotatable bonds is 6. The van der Waals surface area contributed by atoms with Crippen molar-refractivity contribution in [2.45, 2.75) is 33.1 Å². The first kappa shape index (κ1) is 28.1. The van der Waals surface area contributed by atoms with Crippen molar-refractivity contribution in [3.63, 3.8) is 0 Å². The number of pyridine rings is 2. The maximum Gasteiger partial charge on any atom is 0.324 e. The lowest BCUT2D eigenvalue weighted by Gasteiger charge is -2.14. The first-order valence-corrected chi connectivity index (χ1v) is 13.4. The van der Waals surface area contributed by atoms with E-state index in [9.17, 15) is 9.59 Å². The second-order valence-corrected chi connectivity index (χ2v) is 10.7. The van der Waals surface area contributed by atoms with E-state index in [1.165, 1.54) is 13.2 Å². The summed E-state index contributed by atoms with van der Waals surface area (Å²) in [6.45, 7) is 8.25. The van der Waals surface area contributed by atoms with Crippen LogP contribution in [0.3, 0.4) is 0 Å². The summed E-state index contributed by atoms with van der Waals surface area (Å²) in [4.78, 5) is 33.6. The molecule has 0 aliphatic heterocycles. The van der Waals surface area contributed by atoms with Gasteiger partial charge in [0.15, 0.2) is 0 Å². The standard InChI is InChI=1S/C31H32N8O3/c1-19-8-10-20(11-9-19)39-27(18-25(38-39)31(2,3)4)37-30(41)35-23-12-13-24(22-7-6-15-34-28(22)23)42-21-14-16-33-26(17-21)36-29(40)32-5/h6-18H,1-5H3,(H2,35,37,41)(H2,32,33,36,40). The molecule has 3 heterocycles. The minimum Gasteiger partial charge on any atom is -0.456 e. The van der Waals surface area contributed by atoms with E-state index >= 15 is 0 Å². The lowest BCUT2D eigenvalue weighted by molar-refractivity contribution is 0.254. The van der Waals surface area contributed by atoms with Crippen LogP contribution in [-0.2, 0) is 5.41 Å². The SMILES string of the molecule is CNC(=O)Nc1cc(Oc2ccc(NC(=O)Nc3cc(C(C)(C)C)nn3-c3ccc(C)cc3)c3ncccc23)ccn1. The van der Waals surface area contributed by atoms with Crippen LogP contribution in [-0.4, -0.2) is 38.9 Å². The van der Waals surface area contributed by atoms with E-state index in [4.69, 9.17) is 9.84 Å². The van der Waals surface area contributed by atoms with Gasteiger partial charge in [0.25, 0.3) is 0 Å². The van der Waals surface area contributed by atoms with Crippen molar-refractivity contribution in [3.05, 3.63) is 90.4 Å². The van der Waals surface area contributed by atoms with Crippen LogP contribution in [0.1, 0.15) is 32.0 Å². The second-order valence-electron chi connectivity index (χ2n) is 10.7. The van der Waals surface area contributed by atoms with E-state index in [1.807, 2.05) is 43.3 Å². The number of fused-ring (bicyclic) bond motifs is 1. The van der Waals surface area contributed by atoms with Gasteiger partial charge in [-0.3, -0.25) is 15.6 Å². The molecule has 0 spiro atoms. The Balaban J connectivity index is 1.40. The molecule has 214 valence electrons. The normalized spacial score (nSPS) is 11.2. The molecule has 0 unspecified atom stereocenters. The summed E-state index contributed by atoms with van der Waals surface area (Å²) in [6.07, 6.45) is 3.18. The molecule has 0 saturated heterocycles. The first-order chi connectivity index (χ1) is 20.1. The van der Waals surface area contributed by atoms with Crippen LogP contribution in [0.15, 0.2) is 79.1 Å². The van der Waals surface area contributed by atoms with E-state index in [1.54, 1.807) is 41.2 Å². The minimum absolute atomic E-state index is 0.215. The molecule has 5 aromatic rings. The highest BCUT2D eigenvalue weighted by Crippen LogP contribution is 2.34. The fraction of sp³-hybridized carbons (Fsp3) is 0.194. The van der Waals surface area contributed by atoms with Gasteiger partial charge in [0.1, 0.15) is 23.1 Å². The van der Waals surface area contributed by atoms with Crippen LogP contribution >= 0.6 is 0 Å². The minimum atomic E-state index is -0.441. The highest BCUT2D eigenvalue weighted by Gasteiger charge is 2.22. The number of amides is 4. The summed E-state index contributed by atoms with van der Waals surface area (Å²) in [5, 5.41) is 16.4. The van der Waals surface area contributed by atoms with Gasteiger partial charge in [0.2, 0.25) is 0 Å². The third kappa shape index (κ3) is 6.30. The molecular formula is C31H32N8O3. The largest absolute Gasteiger partial charge is 0.456 e. The zero-order valence-electron chi connectivity index (χ0n) is 24.0. The third-order valence-electron chi connectivity index (χ3n) is 6.40. The van der Waals surface area contributed by atoms with Crippen molar-refractivity contribution in [2.75, 3.05) is 23.0 Å². The smallest absolute Gasteiger partial charge is 0.324 e. The van der Waals surface area contributed by atoms with Crippen LogP contribution < -0.4 is 26.0 Å². The molecule has 0 fully saturated rings. The maximum absolute atomic E-state index is 13.3. The van der Waals surface area contributed by atoms with Crippen LogP contribution in [0.25, 0.3) is 16.6 Å². The summed E-state index contributed by atoms with van der Waals surface area (Å²) < 4.78 is 7.85. The predicted octanol–water partition coefficient (Wildman–Crippen LogP) is 6.61. The number of nitrogens with one attached hydrogen (secondary N) is 4. The van der Waals surface area contributed by atoms with Crippen LogP contribution in [0.5, 0.6) is 11.5 Å². The third-order valence-corrected chi connectivity index (χ3v) is 6.40. The zero-order valence-corrected chi connectivity index (χ0v) is 24.0. The number of nitrogens with zero attached hydrogens (tertiary/aromatic N) is 4. The van der Waals surface area contributed by atoms with Crippen LogP contribution in [0, 0.1) is 6.92 Å². The Morgan fingerprint density at radius 1 is 0.857 bits per heavy atom. The Morgan fingerprint density at radius 3 is 2.38 bits per heavy atom. The van der Waals surface area contributed by atoms with E-state index in [0.717, 1.165) is 16.9 Å². The fourth-order valence-electron chi connectivity index (χ4n) is 4.17. The lowest BCUT2D eigenvalue weighted by Crippen LogP contribution is -2.24. The number of benzene rings is 2. The fourth-order valence-corrected chi connectivity index (χ4v) is 4.17. The first-order valence-electron chi connectivity index (χ1n) is 13.4. The zero-order chi connectivity index (χ0) is 29.9. The summed E-state index contributed by atoms with van der Waals surface area (Å²) >= 11 is 0. The van der Waals surface area contributed by atoms with Gasteiger partial charge >= 0.3 is 12.1 Å². The Labute approximate surface area is 243 Å². The van der Waals surface area contributed by atoms with Gasteiger partial charge in [-0.25, -0.2) is 19.3 Å². The van der Waals surface area contributed by atoms with E-state index in [-0.39, 0.29) is 11.4 Å². The van der Waals surface area contributed by atoms with Gasteiger partial charge < -0.3 is 15.4 Å². The van der Waals surface area contributed by atoms with Crippen molar-refractivity contribution in [1.82, 2.24) is 25.1 Å². The average molecular weight is 565 g/mol. The van der Waals surface area contributed by atoms with Gasteiger partial charge in [-0.2, -0.15) is 5.10 Å². The predicted molar refractivity (Wildman–Crippen MR) is 164 cm³/mol. The molecule has 3 aromatic heterocycles. The lowest BCUT2D eigenvalue weighted by atomic mass is 9.92. The van der Waals surface area contributed by atoms with Gasteiger partial charge in [-0.15, -0.1) is 0 Å². The van der Waals surface area contributed by atoms with E-state index in [0.29, 0.717) is 39.7 Å². The Hall–Kier alpha value is -5.45. The van der Waals surface area contributed by atoms with Crippen molar-refractivity contribution in [1.29, 1.82) is 0 Å². The van der Waals surface area contributed by atoms with E-state index in [2.05, 4.69) is 52.0 Å². The van der Waals surface area contributed by atoms with Gasteiger partial charge in [0.05, 0.1) is 22.6 Å². The molecule has 4 N–H and O–H groups in total. The van der Waals surface area contributed by atoms with Gasteiger partial charge in [-0.05, 0) is 49.4 Å². The number of aromatic nitrogens is 4. The summed E-state index contributed by atoms with van der Waals surface area (Å²) in [5.41, 5.74) is 3.65. The monoisotopic (exact) mass is 564 g/mol. The molecule has 5 rings (SSSR count). The number of hydrogen-bond acceptors (Lipinski definition) is 6. The molecule has 0 saturated carbocycles. The van der Waals surface area contributed by atoms with Crippen molar-refractivity contribution in [2.24, 2.45) is 0 Å². The molecule has 0 radical (unpaired) electrons. The summed E-state index contributed by atoms with van der Waals surface area (Å²) in [5.74, 6) is 1.87. The maximum atomic E-state index is 13.3. The topological polar surface area (TPSA) is 135 Å². The molecule has 0 atom stereocenters. The van der Waals surface area contributed by atoms with Crippen molar-refractivity contribution < 1.29 is 14.3 Å². The second kappa shape index (κ2) is 11.6. The average Bonchev–Trinajstić information content (AvgIpc) is 3.39. The number of urea groups is 2. The molecule has 11 heteroatoms. The molecule has 0 aliphatic carbocycles. The Morgan fingerprint density at radius 2 is 1.64 bits per heavy atom. The number of carbonyl (C=O) groups is 2. The highest BCUT2D eigenvalue weighted by atomic mass is 16.5. The van der Waals surface area contributed by atoms with Crippen LogP contribution in [0.4, 0.5) is 26.9 Å². The molecule has 0 aliphatic rings. The van der Waals surface area contributed by atoms with Gasteiger partial charge in [-0.1, -0.05) is 38.5 Å². The number of carbonyl (C=O) groups excluding carboxylic acids is 2. The molecular weight excluding hydrogens is 532 g/mol. The Bertz CT molecular complexity index is 1760. The summed E-state index contributed by atoms with van der Waals surface area (Å²) in [7, 11) is 1.52. The molecule has 2 aromatic carbocycles. The van der Waals surface area contributed by atoms with Crippen molar-refractivity contribution in [3.8, 4) is 17.2 Å². The number of hydrogen-bond donors (Lipinski definition) is 4. The molecule has 4 amide bonds. The number of anilines is 3. The molecule has 0 bridgehead atoms. The van der Waals surface area contributed by atoms with E-state index < -0.39 is 6.03 Å². The quantitative estimate of drug-likeness (QED) is 0.183. The number of aryl methyl sites for hydroxylation is 1. The highest BCUT2D eigenvalue weighted by molar-refractivity contribution is 6.06. The molecule has 42 heavy (non-hydrogen) atoms. The number of ether oxygens (including phenoxy) is 1. The molecule has 11 nitrogen and oxygen atoms in total. The van der Waals surface area contributed by atoms with Crippen molar-refractivity contribution >= 4 is 40.3 Å². The summed E-state index contributed by atoms with van der Waals surface area (Å²) in [6, 6.07) is 19.4.